The summed E-state index contributed by atoms with van der Waals surface area (Å²) >= 11 is 1.18. The molecule has 1 N–H and O–H groups in total. The van der Waals surface area contributed by atoms with Crippen LogP contribution in [0.2, 0.25) is 0 Å². The van der Waals surface area contributed by atoms with E-state index in [0.29, 0.717) is 20.7 Å². The van der Waals surface area contributed by atoms with Crippen LogP contribution in [0, 0.1) is 20.8 Å². The maximum Gasteiger partial charge on any atom is 0.326 e. The third-order valence-electron chi connectivity index (χ3n) is 5.90. The Kier molecular flexibility index (Phi) is 6.41. The van der Waals surface area contributed by atoms with Gasteiger partial charge in [0, 0.05) is 5.69 Å². The van der Waals surface area contributed by atoms with E-state index in [-0.39, 0.29) is 24.1 Å². The van der Waals surface area contributed by atoms with Crippen LogP contribution in [0.4, 0.5) is 5.69 Å². The summed E-state index contributed by atoms with van der Waals surface area (Å²) in [5.74, 6) is -0.707. The third kappa shape index (κ3) is 4.60. The fraction of sp³-hybridized carbons (Fsp3) is 0.417. The van der Waals surface area contributed by atoms with Crippen LogP contribution in [0.25, 0.3) is 10.2 Å². The first-order valence-electron chi connectivity index (χ1n) is 10.9. The number of aromatic nitrogens is 2. The predicted octanol–water partition coefficient (Wildman–Crippen LogP) is 4.51. The van der Waals surface area contributed by atoms with Gasteiger partial charge in [0.2, 0.25) is 0 Å². The van der Waals surface area contributed by atoms with Crippen LogP contribution < -0.4 is 10.9 Å². The van der Waals surface area contributed by atoms with Crippen molar-refractivity contribution >= 4 is 39.1 Å². The largest absolute Gasteiger partial charge is 0.461 e. The van der Waals surface area contributed by atoms with Gasteiger partial charge in [-0.05, 0) is 63.6 Å². The molecule has 168 valence electrons. The summed E-state index contributed by atoms with van der Waals surface area (Å²) < 4.78 is 6.80. The van der Waals surface area contributed by atoms with Crippen LogP contribution in [0.5, 0.6) is 0 Å². The second kappa shape index (κ2) is 9.24. The summed E-state index contributed by atoms with van der Waals surface area (Å²) in [5.41, 5.74) is 3.04. The molecule has 7 nitrogen and oxygen atoms in total. The number of ether oxygens (including phenoxy) is 1. The normalized spacial score (nSPS) is 14.5. The average molecular weight is 454 g/mol. The number of anilines is 1. The lowest BCUT2D eigenvalue weighted by atomic mass is 9.98. The van der Waals surface area contributed by atoms with Gasteiger partial charge in [0.15, 0.2) is 0 Å². The second-order valence-corrected chi connectivity index (χ2v) is 9.44. The SMILES string of the molecule is Cc1ccc(NC(=O)c2sc3ncn(CC(=O)OC4CCCCC4)c(=O)c3c2C)c(C)c1. The molecule has 3 aromatic rings. The third-order valence-corrected chi connectivity index (χ3v) is 7.10. The molecule has 0 spiro atoms. The zero-order valence-corrected chi connectivity index (χ0v) is 19.4. The van der Waals surface area contributed by atoms with Gasteiger partial charge >= 0.3 is 5.97 Å². The van der Waals surface area contributed by atoms with E-state index in [4.69, 9.17) is 4.74 Å². The molecule has 0 aliphatic heterocycles. The van der Waals surface area contributed by atoms with Crippen molar-refractivity contribution in [3.63, 3.8) is 0 Å². The zero-order chi connectivity index (χ0) is 22.8. The number of rotatable bonds is 5. The summed E-state index contributed by atoms with van der Waals surface area (Å²) in [6.07, 6.45) is 6.34. The van der Waals surface area contributed by atoms with E-state index in [0.717, 1.165) is 42.5 Å². The highest BCUT2D eigenvalue weighted by Gasteiger charge is 2.22. The van der Waals surface area contributed by atoms with Gasteiger partial charge in [-0.1, -0.05) is 24.1 Å². The molecular weight excluding hydrogens is 426 g/mol. The van der Waals surface area contributed by atoms with Crippen LogP contribution in [0.1, 0.15) is 58.5 Å². The topological polar surface area (TPSA) is 90.3 Å². The van der Waals surface area contributed by atoms with Crippen LogP contribution in [0.15, 0.2) is 29.3 Å². The molecule has 2 aromatic heterocycles. The van der Waals surface area contributed by atoms with Crippen LogP contribution in [0.3, 0.4) is 0 Å². The Bertz CT molecular complexity index is 1240. The Morgan fingerprint density at radius 3 is 2.66 bits per heavy atom. The minimum atomic E-state index is -0.430. The molecule has 1 amide bonds. The van der Waals surface area contributed by atoms with Gasteiger partial charge in [0.25, 0.3) is 11.5 Å². The van der Waals surface area contributed by atoms with E-state index in [1.54, 1.807) is 6.92 Å². The first-order chi connectivity index (χ1) is 15.3. The first kappa shape index (κ1) is 22.2. The van der Waals surface area contributed by atoms with Gasteiger partial charge in [-0.3, -0.25) is 19.0 Å². The molecule has 0 bridgehead atoms. The maximum absolute atomic E-state index is 13.1. The van der Waals surface area contributed by atoms with Crippen molar-refractivity contribution in [1.29, 1.82) is 0 Å². The van der Waals surface area contributed by atoms with Crippen molar-refractivity contribution in [3.05, 3.63) is 56.4 Å². The molecule has 1 saturated carbocycles. The van der Waals surface area contributed by atoms with Gasteiger partial charge < -0.3 is 10.1 Å². The highest BCUT2D eigenvalue weighted by molar-refractivity contribution is 7.20. The minimum Gasteiger partial charge on any atom is -0.461 e. The van der Waals surface area contributed by atoms with Crippen molar-refractivity contribution in [2.24, 2.45) is 0 Å². The molecule has 0 unspecified atom stereocenters. The lowest BCUT2D eigenvalue weighted by Gasteiger charge is -2.21. The van der Waals surface area contributed by atoms with Crippen molar-refractivity contribution in [2.75, 3.05) is 5.32 Å². The monoisotopic (exact) mass is 453 g/mol. The number of nitrogens with one attached hydrogen (secondary N) is 1. The number of aryl methyl sites for hydroxylation is 3. The number of amides is 1. The van der Waals surface area contributed by atoms with Crippen LogP contribution in [-0.2, 0) is 16.1 Å². The second-order valence-electron chi connectivity index (χ2n) is 8.44. The molecule has 4 rings (SSSR count). The van der Waals surface area contributed by atoms with Gasteiger partial charge in [0.05, 0.1) is 16.6 Å². The quantitative estimate of drug-likeness (QED) is 0.574. The molecule has 1 aliphatic rings. The Labute approximate surface area is 190 Å². The van der Waals surface area contributed by atoms with Crippen LogP contribution >= 0.6 is 11.3 Å². The minimum absolute atomic E-state index is 0.0629. The molecular formula is C24H27N3O4S. The van der Waals surface area contributed by atoms with E-state index in [1.165, 1.54) is 28.7 Å². The van der Waals surface area contributed by atoms with E-state index in [9.17, 15) is 14.4 Å². The number of esters is 1. The Morgan fingerprint density at radius 2 is 1.94 bits per heavy atom. The number of carbonyl (C=O) groups is 2. The van der Waals surface area contributed by atoms with E-state index in [2.05, 4.69) is 10.3 Å². The number of benzene rings is 1. The van der Waals surface area contributed by atoms with Gasteiger partial charge in [0.1, 0.15) is 17.5 Å². The standard InChI is InChI=1S/C24H27N3O4S/c1-14-9-10-18(15(2)11-14)26-22(29)21-16(3)20-23(32-21)25-13-27(24(20)30)12-19(28)31-17-7-5-4-6-8-17/h9-11,13,17H,4-8,12H2,1-3H3,(H,26,29). The fourth-order valence-electron chi connectivity index (χ4n) is 4.17. The molecule has 0 saturated heterocycles. The lowest BCUT2D eigenvalue weighted by molar-refractivity contribution is -0.151. The van der Waals surface area contributed by atoms with E-state index < -0.39 is 5.97 Å². The zero-order valence-electron chi connectivity index (χ0n) is 18.6. The highest BCUT2D eigenvalue weighted by atomic mass is 32.1. The lowest BCUT2D eigenvalue weighted by Crippen LogP contribution is -2.29. The fourth-order valence-corrected chi connectivity index (χ4v) is 5.20. The first-order valence-corrected chi connectivity index (χ1v) is 11.7. The molecule has 2 heterocycles. The summed E-state index contributed by atoms with van der Waals surface area (Å²) in [7, 11) is 0. The van der Waals surface area contributed by atoms with Gasteiger partial charge in [-0.25, -0.2) is 4.98 Å². The molecule has 0 radical (unpaired) electrons. The number of thiophene rings is 1. The van der Waals surface area contributed by atoms with Gasteiger partial charge in [-0.2, -0.15) is 0 Å². The summed E-state index contributed by atoms with van der Waals surface area (Å²) in [4.78, 5) is 43.6. The summed E-state index contributed by atoms with van der Waals surface area (Å²) in [5, 5.41) is 3.30. The number of nitrogens with zero attached hydrogens (tertiary/aromatic N) is 2. The molecule has 1 fully saturated rings. The van der Waals surface area contributed by atoms with Crippen molar-refractivity contribution < 1.29 is 14.3 Å². The molecule has 1 aliphatic carbocycles. The summed E-state index contributed by atoms with van der Waals surface area (Å²) in [6, 6.07) is 5.81. The smallest absolute Gasteiger partial charge is 0.326 e. The van der Waals surface area contributed by atoms with E-state index >= 15 is 0 Å². The molecule has 1 aromatic carbocycles. The van der Waals surface area contributed by atoms with Crippen molar-refractivity contribution in [2.45, 2.75) is 65.5 Å². The summed E-state index contributed by atoms with van der Waals surface area (Å²) in [6.45, 7) is 5.49. The van der Waals surface area contributed by atoms with Gasteiger partial charge in [-0.15, -0.1) is 11.3 Å². The number of carbonyl (C=O) groups excluding carboxylic acids is 2. The van der Waals surface area contributed by atoms with E-state index in [1.807, 2.05) is 32.0 Å². The highest BCUT2D eigenvalue weighted by Crippen LogP contribution is 2.28. The maximum atomic E-state index is 13.1. The Balaban J connectivity index is 1.55. The molecule has 0 atom stereocenters. The van der Waals surface area contributed by atoms with Crippen LogP contribution in [-0.4, -0.2) is 27.5 Å². The molecule has 8 heteroatoms. The predicted molar refractivity (Wildman–Crippen MR) is 125 cm³/mol. The molecule has 32 heavy (non-hydrogen) atoms. The van der Waals surface area contributed by atoms with Crippen molar-refractivity contribution in [3.8, 4) is 0 Å². The Hall–Kier alpha value is -3.00. The number of fused-ring (bicyclic) bond motifs is 1. The van der Waals surface area contributed by atoms with Crippen molar-refractivity contribution in [1.82, 2.24) is 9.55 Å². The average Bonchev–Trinajstić information content (AvgIpc) is 3.10. The number of hydrogen-bond donors (Lipinski definition) is 1. The number of hydrogen-bond acceptors (Lipinski definition) is 6. The Morgan fingerprint density at radius 1 is 1.19 bits per heavy atom.